The van der Waals surface area contributed by atoms with E-state index >= 15 is 0 Å². The van der Waals surface area contributed by atoms with E-state index in [0.29, 0.717) is 17.4 Å². The van der Waals surface area contributed by atoms with E-state index in [2.05, 4.69) is 43.5 Å². The van der Waals surface area contributed by atoms with Crippen LogP contribution >= 0.6 is 7.82 Å². The zero-order chi connectivity index (χ0) is 53.5. The number of rotatable bonds is 59. The van der Waals surface area contributed by atoms with Crippen LogP contribution in [0.15, 0.2) is 36.5 Å². The van der Waals surface area contributed by atoms with E-state index in [1.54, 1.807) is 6.08 Å². The summed E-state index contributed by atoms with van der Waals surface area (Å²) >= 11 is 0. The van der Waals surface area contributed by atoms with Crippen LogP contribution < -0.4 is 10.2 Å². The van der Waals surface area contributed by atoms with Gasteiger partial charge in [0.2, 0.25) is 5.91 Å². The van der Waals surface area contributed by atoms with Crippen LogP contribution in [0.4, 0.5) is 0 Å². The van der Waals surface area contributed by atoms with Gasteiger partial charge in [-0.05, 0) is 44.9 Å². The fourth-order valence-electron chi connectivity index (χ4n) is 9.60. The van der Waals surface area contributed by atoms with Gasteiger partial charge in [-0.25, -0.2) is 0 Å². The monoisotopic (exact) mass is 1050 g/mol. The lowest BCUT2D eigenvalue weighted by atomic mass is 10.0. The van der Waals surface area contributed by atoms with Gasteiger partial charge in [0.15, 0.2) is 0 Å². The Morgan fingerprint density at radius 3 is 1.11 bits per heavy atom. The summed E-state index contributed by atoms with van der Waals surface area (Å²) in [7, 11) is 1.25. The molecule has 0 rings (SSSR count). The molecule has 0 radical (unpaired) electrons. The number of hydrogen-bond donors (Lipinski definition) is 2. The van der Waals surface area contributed by atoms with Crippen LogP contribution in [-0.4, -0.2) is 68.5 Å². The molecule has 9 heteroatoms. The van der Waals surface area contributed by atoms with Gasteiger partial charge in [-0.2, -0.15) is 0 Å². The molecule has 0 saturated heterocycles. The Morgan fingerprint density at radius 2 is 0.767 bits per heavy atom. The summed E-state index contributed by atoms with van der Waals surface area (Å²) in [5.41, 5.74) is 0. The zero-order valence-electron chi connectivity index (χ0n) is 49.4. The van der Waals surface area contributed by atoms with Gasteiger partial charge in [0.25, 0.3) is 7.82 Å². The molecule has 8 nitrogen and oxygen atoms in total. The Labute approximate surface area is 455 Å². The lowest BCUT2D eigenvalue weighted by Crippen LogP contribution is -2.45. The van der Waals surface area contributed by atoms with Gasteiger partial charge < -0.3 is 28.8 Å². The first-order valence-electron chi connectivity index (χ1n) is 31.9. The summed E-state index contributed by atoms with van der Waals surface area (Å²) in [5, 5.41) is 13.9. The zero-order valence-corrected chi connectivity index (χ0v) is 50.3. The molecule has 0 aliphatic rings. The lowest BCUT2D eigenvalue weighted by Gasteiger charge is -2.29. The van der Waals surface area contributed by atoms with Crippen molar-refractivity contribution in [3.63, 3.8) is 0 Å². The van der Waals surface area contributed by atoms with Gasteiger partial charge >= 0.3 is 0 Å². The Morgan fingerprint density at radius 1 is 0.466 bits per heavy atom. The van der Waals surface area contributed by atoms with E-state index in [-0.39, 0.29) is 12.5 Å². The molecule has 432 valence electrons. The average molecular weight is 1050 g/mol. The molecule has 0 saturated carbocycles. The predicted molar refractivity (Wildman–Crippen MR) is 316 cm³/mol. The third-order valence-electron chi connectivity index (χ3n) is 14.6. The van der Waals surface area contributed by atoms with Crippen molar-refractivity contribution in [3.8, 4) is 0 Å². The van der Waals surface area contributed by atoms with Crippen molar-refractivity contribution in [1.29, 1.82) is 0 Å². The number of likely N-dealkylation sites (N-methyl/N-ethyl adjacent to an activating group) is 1. The molecule has 0 aliphatic heterocycles. The molecule has 3 atom stereocenters. The molecule has 0 aromatic carbocycles. The molecule has 0 aromatic heterocycles. The number of hydrogen-bond acceptors (Lipinski definition) is 6. The van der Waals surface area contributed by atoms with Crippen molar-refractivity contribution < 1.29 is 32.9 Å². The van der Waals surface area contributed by atoms with Crippen LogP contribution in [0.2, 0.25) is 0 Å². The number of quaternary nitrogens is 1. The molecule has 73 heavy (non-hydrogen) atoms. The Kier molecular flexibility index (Phi) is 54.5. The van der Waals surface area contributed by atoms with E-state index in [1.165, 1.54) is 250 Å². The molecule has 1 amide bonds. The number of phosphoric acid groups is 1. The molecule has 0 fully saturated rings. The highest BCUT2D eigenvalue weighted by Crippen LogP contribution is 2.38. The minimum Gasteiger partial charge on any atom is -0.756 e. The molecule has 2 N–H and O–H groups in total. The van der Waals surface area contributed by atoms with Crippen LogP contribution in [0.25, 0.3) is 0 Å². The molecule has 0 spiro atoms. The number of aliphatic hydroxyl groups is 1. The van der Waals surface area contributed by atoms with Crippen molar-refractivity contribution in [2.75, 3.05) is 40.9 Å². The normalized spacial score (nSPS) is 14.0. The van der Waals surface area contributed by atoms with Gasteiger partial charge in [-0.15, -0.1) is 0 Å². The second-order valence-corrected chi connectivity index (χ2v) is 24.5. The number of allylic oxidation sites excluding steroid dienone is 5. The fraction of sp³-hybridized carbons (Fsp3) is 0.891. The number of nitrogens with zero attached hydrogens (tertiary/aromatic N) is 1. The third-order valence-corrected chi connectivity index (χ3v) is 15.5. The molecule has 0 aliphatic carbocycles. The van der Waals surface area contributed by atoms with E-state index in [1.807, 2.05) is 27.2 Å². The van der Waals surface area contributed by atoms with Crippen molar-refractivity contribution in [1.82, 2.24) is 5.32 Å². The topological polar surface area (TPSA) is 108 Å². The number of carbonyl (C=O) groups excluding carboxylic acids is 1. The van der Waals surface area contributed by atoms with Crippen LogP contribution in [0.1, 0.15) is 316 Å². The number of phosphoric ester groups is 1. The average Bonchev–Trinajstić information content (AvgIpc) is 3.35. The molecule has 0 heterocycles. The van der Waals surface area contributed by atoms with E-state index in [4.69, 9.17) is 9.05 Å². The largest absolute Gasteiger partial charge is 0.756 e. The van der Waals surface area contributed by atoms with Gasteiger partial charge in [-0.3, -0.25) is 9.36 Å². The first kappa shape index (κ1) is 71.7. The van der Waals surface area contributed by atoms with Gasteiger partial charge in [0.05, 0.1) is 39.9 Å². The minimum atomic E-state index is -4.61. The lowest BCUT2D eigenvalue weighted by molar-refractivity contribution is -0.870. The summed E-state index contributed by atoms with van der Waals surface area (Å²) in [4.78, 5) is 25.5. The van der Waals surface area contributed by atoms with Gasteiger partial charge in [0, 0.05) is 6.42 Å². The van der Waals surface area contributed by atoms with E-state index in [0.717, 1.165) is 44.9 Å². The SMILES string of the molecule is CCCCCCCCC/C=C/CC/C=C/CC/C=C/C(O)C(COP(=O)([O-])OCC[N+](C)(C)C)NC(=O)CCCCCCCCCCCCCCCCCCCCCCCCCCCCCCCCCCCC. The first-order chi connectivity index (χ1) is 35.5. The highest BCUT2D eigenvalue weighted by Gasteiger charge is 2.23. The number of unbranched alkanes of at least 4 members (excludes halogenated alkanes) is 42. The number of aliphatic hydroxyl groups excluding tert-OH is 1. The number of amides is 1. The van der Waals surface area contributed by atoms with Crippen LogP contribution in [0.3, 0.4) is 0 Å². The standard InChI is InChI=1S/C64H125N2O6P/c1-6-8-10-12-14-16-18-20-22-24-25-26-27-28-29-30-31-32-33-34-35-36-37-38-39-40-42-44-46-48-50-52-54-56-58-64(68)65-62(61-72-73(69,70)71-60-59-66(3,4)5)63(67)57-55-53-51-49-47-45-43-41-23-21-19-17-15-13-11-9-7-2/h23,41,47,49,55,57,62-63,67H,6-22,24-40,42-46,48,50-54,56,58-61H2,1-5H3,(H-,65,68,69,70)/b41-23+,49-47+,57-55+. The third kappa shape index (κ3) is 58.2. The van der Waals surface area contributed by atoms with Crippen LogP contribution in [0, 0.1) is 0 Å². The second kappa shape index (κ2) is 55.5. The quantitative estimate of drug-likeness (QED) is 0.0272. The highest BCUT2D eigenvalue weighted by molar-refractivity contribution is 7.45. The highest BCUT2D eigenvalue weighted by atomic mass is 31.2. The maximum absolute atomic E-state index is 13.0. The minimum absolute atomic E-state index is 0.00738. The molecular weight excluding hydrogens is 924 g/mol. The number of nitrogens with one attached hydrogen (secondary N) is 1. The molecular formula is C64H125N2O6P. The summed E-state index contributed by atoms with van der Waals surface area (Å²) in [6.45, 7) is 4.65. The summed E-state index contributed by atoms with van der Waals surface area (Å²) < 4.78 is 23.3. The Hall–Kier alpha value is -1.28. The maximum Gasteiger partial charge on any atom is 0.268 e. The number of carbonyl (C=O) groups is 1. The maximum atomic E-state index is 13.0. The van der Waals surface area contributed by atoms with Crippen molar-refractivity contribution in [2.24, 2.45) is 0 Å². The van der Waals surface area contributed by atoms with Gasteiger partial charge in [-0.1, -0.05) is 301 Å². The van der Waals surface area contributed by atoms with Crippen LogP contribution in [-0.2, 0) is 18.4 Å². The molecule has 0 bridgehead atoms. The summed E-state index contributed by atoms with van der Waals surface area (Å²) in [6, 6.07) is -0.908. The molecule has 0 aromatic rings. The molecule has 3 unspecified atom stereocenters. The van der Waals surface area contributed by atoms with Crippen molar-refractivity contribution >= 4 is 13.7 Å². The first-order valence-corrected chi connectivity index (χ1v) is 33.3. The van der Waals surface area contributed by atoms with Gasteiger partial charge in [0.1, 0.15) is 13.2 Å². The van der Waals surface area contributed by atoms with Crippen molar-refractivity contribution in [2.45, 2.75) is 328 Å². The summed E-state index contributed by atoms with van der Waals surface area (Å²) in [6.07, 6.45) is 72.6. The Bertz CT molecular complexity index is 1280. The van der Waals surface area contributed by atoms with Crippen molar-refractivity contribution in [3.05, 3.63) is 36.5 Å². The van der Waals surface area contributed by atoms with Crippen LogP contribution in [0.5, 0.6) is 0 Å². The van der Waals surface area contributed by atoms with E-state index in [9.17, 15) is 19.4 Å². The Balaban J connectivity index is 4.01. The second-order valence-electron chi connectivity index (χ2n) is 23.1. The van der Waals surface area contributed by atoms with E-state index < -0.39 is 26.6 Å². The summed E-state index contributed by atoms with van der Waals surface area (Å²) in [5.74, 6) is -0.206. The fourth-order valence-corrected chi connectivity index (χ4v) is 10.3. The smallest absolute Gasteiger partial charge is 0.268 e. The predicted octanol–water partition coefficient (Wildman–Crippen LogP) is 19.1.